The number of nitrogens with one attached hydrogen (secondary N) is 1. The Morgan fingerprint density at radius 3 is 1.70 bits per heavy atom. The van der Waals surface area contributed by atoms with Gasteiger partial charge >= 0.3 is 0 Å². The lowest BCUT2D eigenvalue weighted by molar-refractivity contribution is -0.907. The summed E-state index contributed by atoms with van der Waals surface area (Å²) in [6, 6.07) is 0. The van der Waals surface area contributed by atoms with Crippen LogP contribution in [-0.2, 0) is 4.79 Å². The number of amides is 1. The van der Waals surface area contributed by atoms with E-state index in [4.69, 9.17) is 0 Å². The van der Waals surface area contributed by atoms with E-state index in [9.17, 15) is 15.0 Å². The molecule has 0 saturated heterocycles. The van der Waals surface area contributed by atoms with Crippen molar-refractivity contribution in [3.8, 4) is 0 Å². The summed E-state index contributed by atoms with van der Waals surface area (Å²) in [5, 5.41) is 23.1. The Balaban J connectivity index is 3.67. The molecule has 0 aliphatic heterocycles. The molecule has 0 aromatic heterocycles. The number of unbranched alkanes of at least 4 members (excludes halogenated alkanes) is 14. The van der Waals surface area contributed by atoms with Gasteiger partial charge in [0.25, 0.3) is 0 Å². The maximum atomic E-state index is 12.1. The predicted molar refractivity (Wildman–Crippen MR) is 141 cm³/mol. The Morgan fingerprint density at radius 1 is 0.818 bits per heavy atom. The number of rotatable bonds is 24. The Kier molecular flexibility index (Phi) is 21.0. The fraction of sp³-hybridized carbons (Fsp3) is 0.893. The molecule has 0 radical (unpaired) electrons. The molecule has 5 heteroatoms. The minimum Gasteiger partial charge on any atom is -0.383 e. The Hall–Kier alpha value is -0.910. The van der Waals surface area contributed by atoms with E-state index in [0.29, 0.717) is 17.4 Å². The molecular weight excluding hydrogens is 412 g/mol. The number of hydrogen-bond donors (Lipinski definition) is 3. The zero-order valence-electron chi connectivity index (χ0n) is 22.3. The first-order chi connectivity index (χ1) is 15.9. The fourth-order valence-electron chi connectivity index (χ4n) is 4.65. The average Bonchev–Trinajstić information content (AvgIpc) is 2.76. The van der Waals surface area contributed by atoms with Crippen molar-refractivity contribution in [3.05, 3.63) is 12.7 Å². The monoisotopic (exact) mass is 469 g/mol. The number of carbonyl (C=O) groups excluding carboxylic acids is 1. The van der Waals surface area contributed by atoms with Crippen LogP contribution in [0, 0.1) is 0 Å². The number of quaternary nitrogens is 1. The van der Waals surface area contributed by atoms with Crippen molar-refractivity contribution < 1.29 is 19.5 Å². The summed E-state index contributed by atoms with van der Waals surface area (Å²) in [5.41, 5.74) is 0. The lowest BCUT2D eigenvalue weighted by Crippen LogP contribution is -2.55. The summed E-state index contributed by atoms with van der Waals surface area (Å²) in [4.78, 5) is 12.1. The standard InChI is InChI=1S/C28H56N2O3/c1-5-8-9-10-11-12-13-14-15-16-17-18-19-20-21-22-27(32)29-28(33)26(31)25-30(4,23-6-2)24-7-3/h6,26,28,31,33H,2,5,7-25H2,1,3-4H3/p+1. The van der Waals surface area contributed by atoms with E-state index < -0.39 is 12.3 Å². The molecule has 0 bridgehead atoms. The largest absolute Gasteiger partial charge is 0.383 e. The molecule has 0 aliphatic rings. The second-order valence-electron chi connectivity index (χ2n) is 10.3. The molecule has 3 atom stereocenters. The van der Waals surface area contributed by atoms with Crippen molar-refractivity contribution in [1.82, 2.24) is 5.32 Å². The van der Waals surface area contributed by atoms with E-state index in [1.165, 1.54) is 83.5 Å². The van der Waals surface area contributed by atoms with Gasteiger partial charge in [-0.1, -0.05) is 110 Å². The summed E-state index contributed by atoms with van der Waals surface area (Å²) in [7, 11) is 2.04. The molecule has 0 rings (SSSR count). The van der Waals surface area contributed by atoms with E-state index >= 15 is 0 Å². The van der Waals surface area contributed by atoms with Gasteiger partial charge in [0.2, 0.25) is 5.91 Å². The molecule has 5 nitrogen and oxygen atoms in total. The van der Waals surface area contributed by atoms with Gasteiger partial charge in [0.05, 0.1) is 20.1 Å². The van der Waals surface area contributed by atoms with Gasteiger partial charge in [-0.15, -0.1) is 0 Å². The minimum absolute atomic E-state index is 0.176. The van der Waals surface area contributed by atoms with Crippen molar-refractivity contribution in [2.24, 2.45) is 0 Å². The van der Waals surface area contributed by atoms with E-state index in [1.807, 2.05) is 13.1 Å². The van der Waals surface area contributed by atoms with Crippen molar-refractivity contribution in [2.45, 2.75) is 135 Å². The van der Waals surface area contributed by atoms with Crippen LogP contribution in [0.15, 0.2) is 12.7 Å². The molecule has 0 spiro atoms. The van der Waals surface area contributed by atoms with Crippen LogP contribution in [0.4, 0.5) is 0 Å². The van der Waals surface area contributed by atoms with Gasteiger partial charge < -0.3 is 20.0 Å². The van der Waals surface area contributed by atoms with E-state index in [-0.39, 0.29) is 5.91 Å². The van der Waals surface area contributed by atoms with Crippen LogP contribution in [0.3, 0.4) is 0 Å². The lowest BCUT2D eigenvalue weighted by atomic mass is 10.0. The summed E-state index contributed by atoms with van der Waals surface area (Å²) in [5.74, 6) is -0.176. The highest BCUT2D eigenvalue weighted by Gasteiger charge is 2.28. The predicted octanol–water partition coefficient (Wildman–Crippen LogP) is 6.09. The van der Waals surface area contributed by atoms with Crippen molar-refractivity contribution in [1.29, 1.82) is 0 Å². The van der Waals surface area contributed by atoms with Crippen LogP contribution < -0.4 is 5.32 Å². The highest BCUT2D eigenvalue weighted by atomic mass is 16.3. The molecule has 196 valence electrons. The van der Waals surface area contributed by atoms with Crippen LogP contribution in [0.1, 0.15) is 123 Å². The fourth-order valence-corrected chi connectivity index (χ4v) is 4.65. The van der Waals surface area contributed by atoms with Crippen molar-refractivity contribution in [3.63, 3.8) is 0 Å². The third-order valence-corrected chi connectivity index (χ3v) is 6.64. The summed E-state index contributed by atoms with van der Waals surface area (Å²) >= 11 is 0. The molecule has 33 heavy (non-hydrogen) atoms. The van der Waals surface area contributed by atoms with Crippen LogP contribution in [0.2, 0.25) is 0 Å². The molecule has 3 N–H and O–H groups in total. The number of aliphatic hydroxyl groups is 2. The van der Waals surface area contributed by atoms with E-state index in [0.717, 1.165) is 32.4 Å². The second kappa shape index (κ2) is 21.6. The van der Waals surface area contributed by atoms with Gasteiger partial charge in [0.1, 0.15) is 12.6 Å². The highest BCUT2D eigenvalue weighted by Crippen LogP contribution is 2.14. The number of carbonyl (C=O) groups is 1. The maximum absolute atomic E-state index is 12.1. The Morgan fingerprint density at radius 2 is 1.27 bits per heavy atom. The Labute approximate surface area is 205 Å². The molecule has 0 aromatic carbocycles. The van der Waals surface area contributed by atoms with Gasteiger partial charge in [-0.2, -0.15) is 0 Å². The van der Waals surface area contributed by atoms with Gasteiger partial charge in [0.15, 0.2) is 6.23 Å². The maximum Gasteiger partial charge on any atom is 0.222 e. The number of nitrogens with zero attached hydrogens (tertiary/aromatic N) is 1. The third kappa shape index (κ3) is 19.1. The van der Waals surface area contributed by atoms with Crippen LogP contribution in [-0.4, -0.2) is 59.6 Å². The summed E-state index contributed by atoms with van der Waals surface area (Å²) < 4.78 is 0.604. The summed E-state index contributed by atoms with van der Waals surface area (Å²) in [6.45, 7) is 10.2. The first kappa shape index (κ1) is 32.1. The van der Waals surface area contributed by atoms with Gasteiger partial charge in [-0.05, 0) is 18.9 Å². The molecular formula is C28H57N2O3+. The van der Waals surface area contributed by atoms with Gasteiger partial charge in [-0.3, -0.25) is 4.79 Å². The lowest BCUT2D eigenvalue weighted by Gasteiger charge is -2.36. The van der Waals surface area contributed by atoms with Crippen molar-refractivity contribution in [2.75, 3.05) is 26.7 Å². The van der Waals surface area contributed by atoms with E-state index in [1.54, 1.807) is 0 Å². The quantitative estimate of drug-likeness (QED) is 0.0694. The normalized spacial score (nSPS) is 15.1. The topological polar surface area (TPSA) is 69.6 Å². The molecule has 1 amide bonds. The van der Waals surface area contributed by atoms with Crippen LogP contribution >= 0.6 is 0 Å². The van der Waals surface area contributed by atoms with Gasteiger partial charge in [0, 0.05) is 6.42 Å². The smallest absolute Gasteiger partial charge is 0.222 e. The number of aliphatic hydroxyl groups excluding tert-OH is 2. The number of hydrogen-bond acceptors (Lipinski definition) is 3. The molecule has 0 heterocycles. The molecule has 0 aliphatic carbocycles. The molecule has 0 aromatic rings. The summed E-state index contributed by atoms with van der Waals surface area (Å²) in [6.07, 6.45) is 20.5. The zero-order chi connectivity index (χ0) is 24.8. The third-order valence-electron chi connectivity index (χ3n) is 6.64. The first-order valence-electron chi connectivity index (χ1n) is 14.0. The molecule has 3 unspecified atom stereocenters. The van der Waals surface area contributed by atoms with Crippen LogP contribution in [0.25, 0.3) is 0 Å². The molecule has 0 saturated carbocycles. The van der Waals surface area contributed by atoms with Crippen molar-refractivity contribution >= 4 is 5.91 Å². The number of likely N-dealkylation sites (N-methyl/N-ethyl adjacent to an activating group) is 1. The Bertz CT molecular complexity index is 472. The van der Waals surface area contributed by atoms with Crippen LogP contribution in [0.5, 0.6) is 0 Å². The minimum atomic E-state index is -1.21. The SMILES string of the molecule is C=CC[N+](C)(CCC)CC(O)C(O)NC(=O)CCCCCCCCCCCCCCCCC. The average molecular weight is 470 g/mol. The zero-order valence-corrected chi connectivity index (χ0v) is 22.3. The first-order valence-corrected chi connectivity index (χ1v) is 14.0. The van der Waals surface area contributed by atoms with Gasteiger partial charge in [-0.25, -0.2) is 0 Å². The highest BCUT2D eigenvalue weighted by molar-refractivity contribution is 5.76. The van der Waals surface area contributed by atoms with E-state index in [2.05, 4.69) is 25.7 Å². The molecule has 0 fully saturated rings. The second-order valence-corrected chi connectivity index (χ2v) is 10.3.